The molecule has 0 fully saturated rings. The lowest BCUT2D eigenvalue weighted by Crippen LogP contribution is -2.41. The Morgan fingerprint density at radius 3 is 2.75 bits per heavy atom. The number of aliphatic carboxylic acids is 1. The molecule has 0 aliphatic heterocycles. The predicted molar refractivity (Wildman–Crippen MR) is 53.8 cm³/mol. The van der Waals surface area contributed by atoms with Crippen LogP contribution in [0.3, 0.4) is 0 Å². The van der Waals surface area contributed by atoms with E-state index in [0.717, 1.165) is 0 Å². The maximum absolute atomic E-state index is 11.5. The molecule has 1 heterocycles. The van der Waals surface area contributed by atoms with E-state index in [1.807, 2.05) is 0 Å². The lowest BCUT2D eigenvalue weighted by Gasteiger charge is -2.11. The number of imidazole rings is 1. The SMILES string of the molecule is Cn1cnc(C(=O)NC(CCO)C(=O)O)c1. The first-order valence-electron chi connectivity index (χ1n) is 4.67. The molecule has 1 amide bonds. The monoisotopic (exact) mass is 227 g/mol. The summed E-state index contributed by atoms with van der Waals surface area (Å²) in [6.45, 7) is -0.306. The summed E-state index contributed by atoms with van der Waals surface area (Å²) in [6.07, 6.45) is 2.89. The van der Waals surface area contributed by atoms with Gasteiger partial charge in [-0.2, -0.15) is 0 Å². The minimum Gasteiger partial charge on any atom is -0.480 e. The lowest BCUT2D eigenvalue weighted by atomic mass is 10.2. The van der Waals surface area contributed by atoms with Gasteiger partial charge in [0, 0.05) is 26.3 Å². The summed E-state index contributed by atoms with van der Waals surface area (Å²) in [4.78, 5) is 26.0. The third-order valence-corrected chi connectivity index (χ3v) is 1.96. The van der Waals surface area contributed by atoms with Crippen molar-refractivity contribution in [2.45, 2.75) is 12.5 Å². The van der Waals surface area contributed by atoms with Crippen LogP contribution in [0.2, 0.25) is 0 Å². The van der Waals surface area contributed by atoms with Gasteiger partial charge in [0.1, 0.15) is 11.7 Å². The van der Waals surface area contributed by atoms with E-state index in [2.05, 4.69) is 10.3 Å². The molecule has 0 aromatic carbocycles. The Hall–Kier alpha value is -1.89. The van der Waals surface area contributed by atoms with Gasteiger partial charge in [-0.1, -0.05) is 0 Å². The van der Waals surface area contributed by atoms with Crippen LogP contribution in [-0.2, 0) is 11.8 Å². The summed E-state index contributed by atoms with van der Waals surface area (Å²) < 4.78 is 1.58. The molecule has 0 radical (unpaired) electrons. The van der Waals surface area contributed by atoms with Crippen LogP contribution in [0.1, 0.15) is 16.9 Å². The third-order valence-electron chi connectivity index (χ3n) is 1.96. The first-order chi connectivity index (χ1) is 7.54. The Morgan fingerprint density at radius 1 is 1.62 bits per heavy atom. The number of aliphatic hydroxyl groups excluding tert-OH is 1. The number of carboxylic acids is 1. The normalized spacial score (nSPS) is 12.1. The van der Waals surface area contributed by atoms with Gasteiger partial charge in [0.25, 0.3) is 5.91 Å². The average Bonchev–Trinajstić information content (AvgIpc) is 2.64. The highest BCUT2D eigenvalue weighted by Crippen LogP contribution is 1.97. The fraction of sp³-hybridized carbons (Fsp3) is 0.444. The molecule has 0 saturated heterocycles. The van der Waals surface area contributed by atoms with Crippen molar-refractivity contribution in [3.8, 4) is 0 Å². The molecular formula is C9H13N3O4. The molecule has 0 saturated carbocycles. The van der Waals surface area contributed by atoms with Crippen molar-refractivity contribution in [3.05, 3.63) is 18.2 Å². The smallest absolute Gasteiger partial charge is 0.326 e. The van der Waals surface area contributed by atoms with E-state index in [0.29, 0.717) is 0 Å². The average molecular weight is 227 g/mol. The van der Waals surface area contributed by atoms with Crippen molar-refractivity contribution in [2.75, 3.05) is 6.61 Å². The first-order valence-corrected chi connectivity index (χ1v) is 4.67. The van der Waals surface area contributed by atoms with Crippen molar-refractivity contribution in [3.63, 3.8) is 0 Å². The molecule has 0 aliphatic carbocycles. The zero-order valence-electron chi connectivity index (χ0n) is 8.75. The quantitative estimate of drug-likeness (QED) is 0.597. The highest BCUT2D eigenvalue weighted by Gasteiger charge is 2.20. The number of nitrogens with zero attached hydrogens (tertiary/aromatic N) is 2. The Kier molecular flexibility index (Phi) is 4.01. The highest BCUT2D eigenvalue weighted by molar-refractivity contribution is 5.94. The van der Waals surface area contributed by atoms with Crippen LogP contribution in [0.4, 0.5) is 0 Å². The van der Waals surface area contributed by atoms with E-state index in [9.17, 15) is 9.59 Å². The zero-order valence-corrected chi connectivity index (χ0v) is 8.75. The molecule has 3 N–H and O–H groups in total. The van der Waals surface area contributed by atoms with Gasteiger partial charge in [0.2, 0.25) is 0 Å². The Labute approximate surface area is 91.7 Å². The van der Waals surface area contributed by atoms with Crippen LogP contribution in [0.25, 0.3) is 0 Å². The predicted octanol–water partition coefficient (Wildman–Crippen LogP) is -1.01. The van der Waals surface area contributed by atoms with Crippen molar-refractivity contribution in [1.82, 2.24) is 14.9 Å². The number of carbonyl (C=O) groups is 2. The number of carbonyl (C=O) groups excluding carboxylic acids is 1. The number of hydrogen-bond donors (Lipinski definition) is 3. The third kappa shape index (κ3) is 3.06. The highest BCUT2D eigenvalue weighted by atomic mass is 16.4. The summed E-state index contributed by atoms with van der Waals surface area (Å²) in [7, 11) is 1.70. The molecule has 1 aromatic rings. The second kappa shape index (κ2) is 5.26. The van der Waals surface area contributed by atoms with Crippen LogP contribution in [0, 0.1) is 0 Å². The van der Waals surface area contributed by atoms with Gasteiger partial charge in [-0.25, -0.2) is 9.78 Å². The topological polar surface area (TPSA) is 104 Å². The molecule has 1 atom stereocenters. The summed E-state index contributed by atoms with van der Waals surface area (Å²) in [5.74, 6) is -1.75. The Balaban J connectivity index is 2.65. The maximum Gasteiger partial charge on any atom is 0.326 e. The van der Waals surface area contributed by atoms with Crippen LogP contribution in [0.15, 0.2) is 12.5 Å². The van der Waals surface area contributed by atoms with Crippen molar-refractivity contribution >= 4 is 11.9 Å². The number of carboxylic acid groups (broad SMARTS) is 1. The number of aliphatic hydroxyl groups is 1. The summed E-state index contributed by atoms with van der Waals surface area (Å²) in [5.41, 5.74) is 0.145. The minimum absolute atomic E-state index is 0.0338. The number of aromatic nitrogens is 2. The standard InChI is InChI=1S/C9H13N3O4/c1-12-4-7(10-5-12)8(14)11-6(2-3-13)9(15)16/h4-6,13H,2-3H2,1H3,(H,11,14)(H,15,16). The van der Waals surface area contributed by atoms with Crippen LogP contribution in [0.5, 0.6) is 0 Å². The molecule has 16 heavy (non-hydrogen) atoms. The summed E-state index contributed by atoms with van der Waals surface area (Å²) >= 11 is 0. The van der Waals surface area contributed by atoms with Gasteiger partial charge >= 0.3 is 5.97 Å². The molecule has 1 rings (SSSR count). The molecule has 0 spiro atoms. The number of rotatable bonds is 5. The Bertz CT molecular complexity index is 388. The van der Waals surface area contributed by atoms with E-state index >= 15 is 0 Å². The fourth-order valence-electron chi connectivity index (χ4n) is 1.15. The van der Waals surface area contributed by atoms with Gasteiger partial charge in [0.15, 0.2) is 0 Å². The van der Waals surface area contributed by atoms with E-state index < -0.39 is 17.9 Å². The number of amides is 1. The molecule has 0 aliphatic rings. The largest absolute Gasteiger partial charge is 0.480 e. The lowest BCUT2D eigenvalue weighted by molar-refractivity contribution is -0.139. The number of aryl methyl sites for hydroxylation is 1. The molecule has 7 nitrogen and oxygen atoms in total. The van der Waals surface area contributed by atoms with Gasteiger partial charge in [0.05, 0.1) is 6.33 Å². The van der Waals surface area contributed by atoms with E-state index in [1.165, 1.54) is 12.5 Å². The van der Waals surface area contributed by atoms with Gasteiger partial charge in [-0.05, 0) is 0 Å². The van der Waals surface area contributed by atoms with Gasteiger partial charge in [-0.3, -0.25) is 4.79 Å². The van der Waals surface area contributed by atoms with Crippen LogP contribution >= 0.6 is 0 Å². The fourth-order valence-corrected chi connectivity index (χ4v) is 1.15. The maximum atomic E-state index is 11.5. The van der Waals surface area contributed by atoms with Gasteiger partial charge in [-0.15, -0.1) is 0 Å². The molecule has 7 heteroatoms. The second-order valence-corrected chi connectivity index (χ2v) is 3.30. The number of hydrogen-bond acceptors (Lipinski definition) is 4. The molecule has 1 aromatic heterocycles. The van der Waals surface area contributed by atoms with Crippen molar-refractivity contribution < 1.29 is 19.8 Å². The van der Waals surface area contributed by atoms with Crippen molar-refractivity contribution in [2.24, 2.45) is 7.05 Å². The second-order valence-electron chi connectivity index (χ2n) is 3.30. The van der Waals surface area contributed by atoms with E-state index in [4.69, 9.17) is 10.2 Å². The van der Waals surface area contributed by atoms with E-state index in [-0.39, 0.29) is 18.7 Å². The number of nitrogens with one attached hydrogen (secondary N) is 1. The van der Waals surface area contributed by atoms with Crippen LogP contribution in [-0.4, -0.2) is 44.3 Å². The van der Waals surface area contributed by atoms with Crippen molar-refractivity contribution in [1.29, 1.82) is 0 Å². The Morgan fingerprint density at radius 2 is 2.31 bits per heavy atom. The minimum atomic E-state index is -1.18. The zero-order chi connectivity index (χ0) is 12.1. The molecule has 88 valence electrons. The first kappa shape index (κ1) is 12.2. The van der Waals surface area contributed by atoms with Gasteiger partial charge < -0.3 is 20.1 Å². The summed E-state index contributed by atoms with van der Waals surface area (Å²) in [6, 6.07) is -1.10. The summed E-state index contributed by atoms with van der Waals surface area (Å²) in [5, 5.41) is 19.7. The molecule has 0 bridgehead atoms. The molecule has 1 unspecified atom stereocenters. The van der Waals surface area contributed by atoms with Crippen LogP contribution < -0.4 is 5.32 Å². The molecular weight excluding hydrogens is 214 g/mol. The van der Waals surface area contributed by atoms with E-state index in [1.54, 1.807) is 11.6 Å².